The summed E-state index contributed by atoms with van der Waals surface area (Å²) in [5.41, 5.74) is 0.167. The standard InChI is InChI=1S/C18H25NO6/c1-11(17(20)19-12-7-5-6-8-12)25-18(21)13-9-15(23-3)16(24-4)10-14(13)22-2/h9-12H,5-8H2,1-4H3,(H,19,20)/t11-/m1/s1. The summed E-state index contributed by atoms with van der Waals surface area (Å²) in [6.07, 6.45) is 3.27. The summed E-state index contributed by atoms with van der Waals surface area (Å²) in [4.78, 5) is 24.6. The number of esters is 1. The Balaban J connectivity index is 2.09. The smallest absolute Gasteiger partial charge is 0.342 e. The molecule has 7 heteroatoms. The van der Waals surface area contributed by atoms with Crippen molar-refractivity contribution in [1.82, 2.24) is 5.32 Å². The predicted octanol–water partition coefficient (Wildman–Crippen LogP) is 2.32. The number of hydrogen-bond acceptors (Lipinski definition) is 6. The molecular weight excluding hydrogens is 326 g/mol. The van der Waals surface area contributed by atoms with Crippen LogP contribution in [0.2, 0.25) is 0 Å². The highest BCUT2D eigenvalue weighted by molar-refractivity contribution is 5.95. The monoisotopic (exact) mass is 351 g/mol. The Kier molecular flexibility index (Phi) is 6.50. The van der Waals surface area contributed by atoms with Crippen molar-refractivity contribution in [3.63, 3.8) is 0 Å². The van der Waals surface area contributed by atoms with E-state index in [0.717, 1.165) is 25.7 Å². The van der Waals surface area contributed by atoms with Gasteiger partial charge in [0.2, 0.25) is 0 Å². The summed E-state index contributed by atoms with van der Waals surface area (Å²) in [5, 5.41) is 2.91. The van der Waals surface area contributed by atoms with E-state index in [1.165, 1.54) is 27.4 Å². The third kappa shape index (κ3) is 4.55. The molecule has 0 bridgehead atoms. The first-order valence-corrected chi connectivity index (χ1v) is 8.31. The number of amides is 1. The first kappa shape index (κ1) is 18.9. The van der Waals surface area contributed by atoms with Crippen molar-refractivity contribution in [1.29, 1.82) is 0 Å². The van der Waals surface area contributed by atoms with E-state index in [2.05, 4.69) is 5.32 Å². The van der Waals surface area contributed by atoms with Gasteiger partial charge in [-0.15, -0.1) is 0 Å². The fraction of sp³-hybridized carbons (Fsp3) is 0.556. The fourth-order valence-corrected chi connectivity index (χ4v) is 2.85. The van der Waals surface area contributed by atoms with Crippen LogP contribution in [0.25, 0.3) is 0 Å². The van der Waals surface area contributed by atoms with Gasteiger partial charge >= 0.3 is 5.97 Å². The second-order valence-corrected chi connectivity index (χ2v) is 5.94. The lowest BCUT2D eigenvalue weighted by atomic mass is 10.1. The van der Waals surface area contributed by atoms with Gasteiger partial charge in [0, 0.05) is 18.2 Å². The number of benzene rings is 1. The van der Waals surface area contributed by atoms with E-state index in [1.54, 1.807) is 13.0 Å². The van der Waals surface area contributed by atoms with E-state index in [1.807, 2.05) is 0 Å². The number of hydrogen-bond donors (Lipinski definition) is 1. The first-order chi connectivity index (χ1) is 12.0. The van der Waals surface area contributed by atoms with Gasteiger partial charge in [0.1, 0.15) is 11.3 Å². The Bertz CT molecular complexity index is 624. The summed E-state index contributed by atoms with van der Waals surface area (Å²) in [7, 11) is 4.40. The SMILES string of the molecule is COc1cc(OC)c(C(=O)O[C@H](C)C(=O)NC2CCCC2)cc1OC. The topological polar surface area (TPSA) is 83.1 Å². The van der Waals surface area contributed by atoms with Crippen LogP contribution in [-0.2, 0) is 9.53 Å². The molecule has 0 heterocycles. The van der Waals surface area contributed by atoms with Crippen LogP contribution in [0.1, 0.15) is 43.0 Å². The van der Waals surface area contributed by atoms with Crippen molar-refractivity contribution >= 4 is 11.9 Å². The number of carbonyl (C=O) groups is 2. The Hall–Kier alpha value is -2.44. The number of carbonyl (C=O) groups excluding carboxylic acids is 2. The first-order valence-electron chi connectivity index (χ1n) is 8.31. The van der Waals surface area contributed by atoms with Crippen molar-refractivity contribution in [3.05, 3.63) is 17.7 Å². The second-order valence-electron chi connectivity index (χ2n) is 5.94. The summed E-state index contributed by atoms with van der Waals surface area (Å²) in [6.45, 7) is 1.55. The molecule has 0 unspecified atom stereocenters. The molecule has 0 aliphatic heterocycles. The molecule has 1 saturated carbocycles. The van der Waals surface area contributed by atoms with Gasteiger partial charge in [0.05, 0.1) is 21.3 Å². The zero-order valence-electron chi connectivity index (χ0n) is 15.1. The number of nitrogens with one attached hydrogen (secondary N) is 1. The summed E-state index contributed by atoms with van der Waals surface area (Å²) in [6, 6.07) is 3.18. The van der Waals surface area contributed by atoms with Crippen molar-refractivity contribution < 1.29 is 28.5 Å². The lowest BCUT2D eigenvalue weighted by molar-refractivity contribution is -0.129. The lowest BCUT2D eigenvalue weighted by Gasteiger charge is -2.18. The molecule has 1 aliphatic carbocycles. The van der Waals surface area contributed by atoms with Crippen LogP contribution >= 0.6 is 0 Å². The highest BCUT2D eigenvalue weighted by Gasteiger charge is 2.25. The van der Waals surface area contributed by atoms with Crippen LogP contribution in [-0.4, -0.2) is 45.4 Å². The maximum absolute atomic E-state index is 12.5. The van der Waals surface area contributed by atoms with Crippen molar-refractivity contribution in [2.24, 2.45) is 0 Å². The lowest BCUT2D eigenvalue weighted by Crippen LogP contribution is -2.40. The zero-order valence-corrected chi connectivity index (χ0v) is 15.1. The third-order valence-electron chi connectivity index (χ3n) is 4.28. The van der Waals surface area contributed by atoms with Crippen LogP contribution < -0.4 is 19.5 Å². The van der Waals surface area contributed by atoms with E-state index in [-0.39, 0.29) is 23.3 Å². The molecule has 7 nitrogen and oxygen atoms in total. The molecule has 2 rings (SSSR count). The van der Waals surface area contributed by atoms with Crippen LogP contribution in [0.4, 0.5) is 0 Å². The van der Waals surface area contributed by atoms with Gasteiger partial charge in [-0.3, -0.25) is 4.79 Å². The molecule has 0 radical (unpaired) electrons. The van der Waals surface area contributed by atoms with Gasteiger partial charge in [-0.25, -0.2) is 4.79 Å². The molecule has 1 aliphatic rings. The number of rotatable bonds is 7. The minimum absolute atomic E-state index is 0.167. The zero-order chi connectivity index (χ0) is 18.4. The van der Waals surface area contributed by atoms with E-state index in [0.29, 0.717) is 11.5 Å². The van der Waals surface area contributed by atoms with Gasteiger partial charge in [-0.1, -0.05) is 12.8 Å². The molecule has 25 heavy (non-hydrogen) atoms. The molecule has 1 aromatic carbocycles. The second kappa shape index (κ2) is 8.60. The highest BCUT2D eigenvalue weighted by atomic mass is 16.6. The minimum atomic E-state index is -0.897. The highest BCUT2D eigenvalue weighted by Crippen LogP contribution is 2.35. The normalized spacial score (nSPS) is 15.4. The molecule has 0 aromatic heterocycles. The Morgan fingerprint density at radius 1 is 1.00 bits per heavy atom. The van der Waals surface area contributed by atoms with Crippen LogP contribution in [0, 0.1) is 0 Å². The van der Waals surface area contributed by atoms with Crippen molar-refractivity contribution in [2.75, 3.05) is 21.3 Å². The molecule has 1 amide bonds. The molecule has 1 fully saturated rings. The minimum Gasteiger partial charge on any atom is -0.496 e. The molecule has 1 aromatic rings. The average Bonchev–Trinajstić information content (AvgIpc) is 3.13. The summed E-state index contributed by atoms with van der Waals surface area (Å²) < 4.78 is 20.9. The maximum Gasteiger partial charge on any atom is 0.342 e. The van der Waals surface area contributed by atoms with Gasteiger partial charge < -0.3 is 24.3 Å². The fourth-order valence-electron chi connectivity index (χ4n) is 2.85. The van der Waals surface area contributed by atoms with Crippen LogP contribution in [0.3, 0.4) is 0 Å². The van der Waals surface area contributed by atoms with Gasteiger partial charge in [-0.05, 0) is 19.8 Å². The summed E-state index contributed by atoms with van der Waals surface area (Å²) in [5.74, 6) is 0.138. The molecular formula is C18H25NO6. The van der Waals surface area contributed by atoms with Crippen molar-refractivity contribution in [2.45, 2.75) is 44.8 Å². The maximum atomic E-state index is 12.5. The average molecular weight is 351 g/mol. The Morgan fingerprint density at radius 3 is 2.12 bits per heavy atom. The van der Waals surface area contributed by atoms with E-state index in [9.17, 15) is 9.59 Å². The van der Waals surface area contributed by atoms with Crippen LogP contribution in [0.15, 0.2) is 12.1 Å². The molecule has 0 spiro atoms. The van der Waals surface area contributed by atoms with Gasteiger partial charge in [0.25, 0.3) is 5.91 Å². The summed E-state index contributed by atoms with van der Waals surface area (Å²) >= 11 is 0. The van der Waals surface area contributed by atoms with Gasteiger partial charge in [0.15, 0.2) is 17.6 Å². The Morgan fingerprint density at radius 2 is 1.56 bits per heavy atom. The number of methoxy groups -OCH3 is 3. The quantitative estimate of drug-likeness (QED) is 0.759. The third-order valence-corrected chi connectivity index (χ3v) is 4.28. The van der Waals surface area contributed by atoms with Gasteiger partial charge in [-0.2, -0.15) is 0 Å². The molecule has 0 saturated heterocycles. The van der Waals surface area contributed by atoms with Crippen molar-refractivity contribution in [3.8, 4) is 17.2 Å². The molecule has 138 valence electrons. The largest absolute Gasteiger partial charge is 0.496 e. The predicted molar refractivity (Wildman–Crippen MR) is 91.4 cm³/mol. The molecule has 1 atom stereocenters. The van der Waals surface area contributed by atoms with E-state index in [4.69, 9.17) is 18.9 Å². The van der Waals surface area contributed by atoms with E-state index < -0.39 is 12.1 Å². The van der Waals surface area contributed by atoms with E-state index >= 15 is 0 Å². The molecule has 1 N–H and O–H groups in total. The van der Waals surface area contributed by atoms with Crippen LogP contribution in [0.5, 0.6) is 17.2 Å². The number of ether oxygens (including phenoxy) is 4. The Labute approximate surface area is 147 Å².